The summed E-state index contributed by atoms with van der Waals surface area (Å²) in [7, 11) is 0. The quantitative estimate of drug-likeness (QED) is 0.141. The summed E-state index contributed by atoms with van der Waals surface area (Å²) < 4.78 is 37.8. The Bertz CT molecular complexity index is 1440. The molecular formula is C38H41NO7. The zero-order valence-electron chi connectivity index (χ0n) is 25.8. The van der Waals surface area contributed by atoms with Crippen LogP contribution in [-0.4, -0.2) is 50.0 Å². The van der Waals surface area contributed by atoms with Crippen molar-refractivity contribution in [3.8, 4) is 0 Å². The van der Waals surface area contributed by atoms with Crippen molar-refractivity contribution in [1.82, 2.24) is 5.32 Å². The zero-order valence-corrected chi connectivity index (χ0v) is 25.8. The van der Waals surface area contributed by atoms with Gasteiger partial charge in [0.15, 0.2) is 6.23 Å². The van der Waals surface area contributed by atoms with Gasteiger partial charge in [0.05, 0.1) is 33.0 Å². The highest BCUT2D eigenvalue weighted by Crippen LogP contribution is 2.30. The Balaban J connectivity index is 1.44. The van der Waals surface area contributed by atoms with Gasteiger partial charge in [-0.25, -0.2) is 4.79 Å². The second kappa shape index (κ2) is 18.0. The predicted molar refractivity (Wildman–Crippen MR) is 174 cm³/mol. The summed E-state index contributed by atoms with van der Waals surface area (Å²) in [5.74, 6) is 0. The number of nitrogens with one attached hydrogen (secondary N) is 1. The molecule has 0 unspecified atom stereocenters. The first-order valence-corrected chi connectivity index (χ1v) is 15.5. The molecule has 1 aliphatic heterocycles. The Kier molecular flexibility index (Phi) is 12.9. The first-order valence-electron chi connectivity index (χ1n) is 15.5. The highest BCUT2D eigenvalue weighted by atomic mass is 16.6. The molecule has 4 aromatic rings. The van der Waals surface area contributed by atoms with Crippen molar-refractivity contribution in [2.24, 2.45) is 0 Å². The van der Waals surface area contributed by atoms with Gasteiger partial charge in [-0.1, -0.05) is 134 Å². The number of carbonyl (C=O) groups is 1. The van der Waals surface area contributed by atoms with Crippen molar-refractivity contribution >= 4 is 6.09 Å². The third-order valence-corrected chi connectivity index (χ3v) is 7.48. The maximum Gasteiger partial charge on any atom is 0.409 e. The van der Waals surface area contributed by atoms with Crippen LogP contribution < -0.4 is 5.32 Å². The van der Waals surface area contributed by atoms with Crippen LogP contribution in [0.3, 0.4) is 0 Å². The van der Waals surface area contributed by atoms with Gasteiger partial charge in [0.25, 0.3) is 0 Å². The number of rotatable bonds is 16. The predicted octanol–water partition coefficient (Wildman–Crippen LogP) is 6.60. The van der Waals surface area contributed by atoms with Crippen molar-refractivity contribution in [2.45, 2.75) is 57.1 Å². The first-order chi connectivity index (χ1) is 22.7. The number of alkyl carbamates (subject to hydrolysis) is 1. The van der Waals surface area contributed by atoms with Crippen LogP contribution in [0.2, 0.25) is 0 Å². The van der Waals surface area contributed by atoms with Gasteiger partial charge in [-0.3, -0.25) is 5.32 Å². The second-order valence-corrected chi connectivity index (χ2v) is 10.9. The van der Waals surface area contributed by atoms with E-state index in [0.29, 0.717) is 19.8 Å². The van der Waals surface area contributed by atoms with Gasteiger partial charge in [-0.15, -0.1) is 0 Å². The maximum atomic E-state index is 12.9. The van der Waals surface area contributed by atoms with E-state index in [1.807, 2.05) is 121 Å². The van der Waals surface area contributed by atoms with Crippen LogP contribution in [-0.2, 0) is 54.8 Å². The Morgan fingerprint density at radius 3 is 1.54 bits per heavy atom. The molecular weight excluding hydrogens is 582 g/mol. The molecule has 5 rings (SSSR count). The highest BCUT2D eigenvalue weighted by molar-refractivity contribution is 5.67. The van der Waals surface area contributed by atoms with E-state index in [2.05, 4.69) is 11.9 Å². The molecule has 1 saturated heterocycles. The molecule has 4 aromatic carbocycles. The molecule has 0 spiro atoms. The Hall–Kier alpha value is -4.31. The van der Waals surface area contributed by atoms with Gasteiger partial charge in [0.2, 0.25) is 0 Å². The molecule has 8 nitrogen and oxygen atoms in total. The zero-order chi connectivity index (χ0) is 31.8. The normalized spacial score (nSPS) is 20.9. The summed E-state index contributed by atoms with van der Waals surface area (Å²) in [6, 6.07) is 39.6. The molecule has 0 saturated carbocycles. The number of amides is 1. The molecule has 5 atom stereocenters. The number of carbonyl (C=O) groups excluding carboxylic acids is 1. The molecule has 1 fully saturated rings. The number of hydrogen-bond donors (Lipinski definition) is 1. The van der Waals surface area contributed by atoms with Crippen LogP contribution in [0.4, 0.5) is 4.79 Å². The lowest BCUT2D eigenvalue weighted by Crippen LogP contribution is -2.65. The molecule has 0 aromatic heterocycles. The highest BCUT2D eigenvalue weighted by Gasteiger charge is 2.49. The molecule has 1 aliphatic rings. The van der Waals surface area contributed by atoms with Crippen molar-refractivity contribution in [1.29, 1.82) is 0 Å². The molecule has 8 heteroatoms. The number of hydrogen-bond acceptors (Lipinski definition) is 7. The SMILES string of the molecule is C=CCOC(=O)N[C@@H]1O[C@H](COCc2ccccc2)[C@@H](OCc2ccccc2)[C@H](OCc2ccccc2)[C@H]1OCc1ccccc1. The summed E-state index contributed by atoms with van der Waals surface area (Å²) in [5.41, 5.74) is 3.99. The Morgan fingerprint density at radius 1 is 0.630 bits per heavy atom. The van der Waals surface area contributed by atoms with Crippen LogP contribution >= 0.6 is 0 Å². The topological polar surface area (TPSA) is 84.5 Å². The summed E-state index contributed by atoms with van der Waals surface area (Å²) in [5, 5.41) is 2.85. The van der Waals surface area contributed by atoms with E-state index in [-0.39, 0.29) is 19.8 Å². The molecule has 0 aliphatic carbocycles. The molecule has 1 heterocycles. The average molecular weight is 624 g/mol. The third kappa shape index (κ3) is 10.1. The van der Waals surface area contributed by atoms with E-state index >= 15 is 0 Å². The van der Waals surface area contributed by atoms with Crippen molar-refractivity contribution in [3.05, 3.63) is 156 Å². The lowest BCUT2D eigenvalue weighted by Gasteiger charge is -2.46. The van der Waals surface area contributed by atoms with E-state index in [9.17, 15) is 4.79 Å². The molecule has 1 N–H and O–H groups in total. The second-order valence-electron chi connectivity index (χ2n) is 10.9. The lowest BCUT2D eigenvalue weighted by atomic mass is 9.97. The maximum absolute atomic E-state index is 12.9. The van der Waals surface area contributed by atoms with Crippen molar-refractivity contribution in [2.75, 3.05) is 13.2 Å². The standard InChI is InChI=1S/C38H41NO7/c1-2-23-42-38(40)39-37-36(45-27-32-21-13-6-14-22-32)35(44-26-31-19-11-5-12-20-31)34(43-25-30-17-9-4-10-18-30)33(46-37)28-41-24-29-15-7-3-8-16-29/h2-22,33-37H,1,23-28H2,(H,39,40)/t33-,34-,35+,36-,37-/m1/s1. The van der Waals surface area contributed by atoms with Crippen LogP contribution in [0.1, 0.15) is 22.3 Å². The fraction of sp³-hybridized carbons (Fsp3) is 0.289. The minimum absolute atomic E-state index is 0.0501. The largest absolute Gasteiger partial charge is 0.445 e. The molecule has 1 amide bonds. The van der Waals surface area contributed by atoms with Crippen molar-refractivity contribution < 1.29 is 33.2 Å². The lowest BCUT2D eigenvalue weighted by molar-refractivity contribution is -0.276. The summed E-state index contributed by atoms with van der Waals surface area (Å²) >= 11 is 0. The number of ether oxygens (including phenoxy) is 6. The van der Waals surface area contributed by atoms with E-state index in [0.717, 1.165) is 22.3 Å². The molecule has 46 heavy (non-hydrogen) atoms. The molecule has 0 radical (unpaired) electrons. The average Bonchev–Trinajstić information content (AvgIpc) is 3.10. The number of benzene rings is 4. The minimum Gasteiger partial charge on any atom is -0.445 e. The van der Waals surface area contributed by atoms with Crippen LogP contribution in [0.15, 0.2) is 134 Å². The van der Waals surface area contributed by atoms with Crippen LogP contribution in [0.5, 0.6) is 0 Å². The van der Waals surface area contributed by atoms with Gasteiger partial charge < -0.3 is 28.4 Å². The van der Waals surface area contributed by atoms with Crippen LogP contribution in [0, 0.1) is 0 Å². The fourth-order valence-corrected chi connectivity index (χ4v) is 5.20. The van der Waals surface area contributed by atoms with Gasteiger partial charge in [0.1, 0.15) is 31.0 Å². The summed E-state index contributed by atoms with van der Waals surface area (Å²) in [6.07, 6.45) is -2.72. The summed E-state index contributed by atoms with van der Waals surface area (Å²) in [6.45, 7) is 5.14. The molecule has 240 valence electrons. The van der Waals surface area contributed by atoms with Gasteiger partial charge in [0, 0.05) is 0 Å². The van der Waals surface area contributed by atoms with E-state index in [1.165, 1.54) is 6.08 Å². The van der Waals surface area contributed by atoms with Gasteiger partial charge >= 0.3 is 6.09 Å². The smallest absolute Gasteiger partial charge is 0.409 e. The van der Waals surface area contributed by atoms with E-state index in [1.54, 1.807) is 0 Å². The Morgan fingerprint density at radius 2 is 1.07 bits per heavy atom. The first kappa shape index (κ1) is 33.1. The fourth-order valence-electron chi connectivity index (χ4n) is 5.20. The Labute approximate surface area is 270 Å². The van der Waals surface area contributed by atoms with Crippen molar-refractivity contribution in [3.63, 3.8) is 0 Å². The molecule has 0 bridgehead atoms. The monoisotopic (exact) mass is 623 g/mol. The van der Waals surface area contributed by atoms with Crippen LogP contribution in [0.25, 0.3) is 0 Å². The van der Waals surface area contributed by atoms with E-state index in [4.69, 9.17) is 28.4 Å². The van der Waals surface area contributed by atoms with Gasteiger partial charge in [-0.05, 0) is 22.3 Å². The third-order valence-electron chi connectivity index (χ3n) is 7.48. The van der Waals surface area contributed by atoms with E-state index < -0.39 is 36.7 Å². The summed E-state index contributed by atoms with van der Waals surface area (Å²) in [4.78, 5) is 12.9. The minimum atomic E-state index is -0.927. The van der Waals surface area contributed by atoms with Gasteiger partial charge in [-0.2, -0.15) is 0 Å².